The minimum atomic E-state index is -0.622. The molecule has 0 saturated heterocycles. The van der Waals surface area contributed by atoms with E-state index in [0.29, 0.717) is 11.1 Å². The molecule has 0 radical (unpaired) electrons. The number of ether oxygens (including phenoxy) is 1. The van der Waals surface area contributed by atoms with Crippen LogP contribution in [0.4, 0.5) is 4.39 Å². The van der Waals surface area contributed by atoms with Crippen LogP contribution >= 0.6 is 0 Å². The molecule has 2 aromatic carbocycles. The molecule has 106 valence electrons. The third-order valence-electron chi connectivity index (χ3n) is 2.72. The third-order valence-corrected chi connectivity index (χ3v) is 2.72. The molecule has 0 spiro atoms. The van der Waals surface area contributed by atoms with Crippen LogP contribution in [0.2, 0.25) is 0 Å². The van der Waals surface area contributed by atoms with Crippen LogP contribution < -0.4 is 0 Å². The van der Waals surface area contributed by atoms with Crippen LogP contribution in [-0.2, 0) is 9.53 Å². The van der Waals surface area contributed by atoms with Gasteiger partial charge in [0.1, 0.15) is 5.82 Å². The van der Waals surface area contributed by atoms with Crippen molar-refractivity contribution in [1.29, 1.82) is 0 Å². The number of halogens is 1. The van der Waals surface area contributed by atoms with Gasteiger partial charge in [0, 0.05) is 11.6 Å². The zero-order valence-electron chi connectivity index (χ0n) is 11.2. The predicted molar refractivity (Wildman–Crippen MR) is 77.2 cm³/mol. The minimum Gasteiger partial charge on any atom is -0.454 e. The summed E-state index contributed by atoms with van der Waals surface area (Å²) in [6, 6.07) is 14.3. The Hall–Kier alpha value is -2.75. The Bertz CT molecular complexity index is 645. The maximum absolute atomic E-state index is 12.7. The van der Waals surface area contributed by atoms with Gasteiger partial charge < -0.3 is 4.74 Å². The summed E-state index contributed by atoms with van der Waals surface area (Å²) in [4.78, 5) is 23.2. The largest absolute Gasteiger partial charge is 0.454 e. The van der Waals surface area contributed by atoms with Crippen LogP contribution in [0.5, 0.6) is 0 Å². The molecule has 0 aliphatic heterocycles. The fourth-order valence-electron chi connectivity index (χ4n) is 1.63. The number of benzene rings is 2. The zero-order valence-corrected chi connectivity index (χ0v) is 11.2. The summed E-state index contributed by atoms with van der Waals surface area (Å²) < 4.78 is 17.6. The van der Waals surface area contributed by atoms with Crippen LogP contribution in [0, 0.1) is 5.82 Å². The highest BCUT2D eigenvalue weighted by Gasteiger charge is 2.07. The highest BCUT2D eigenvalue weighted by Crippen LogP contribution is 2.05. The van der Waals surface area contributed by atoms with E-state index in [4.69, 9.17) is 4.74 Å². The van der Waals surface area contributed by atoms with Crippen molar-refractivity contribution in [2.75, 3.05) is 6.61 Å². The Morgan fingerprint density at radius 2 is 1.67 bits per heavy atom. The lowest BCUT2D eigenvalue weighted by atomic mass is 10.1. The van der Waals surface area contributed by atoms with Gasteiger partial charge >= 0.3 is 5.97 Å². The summed E-state index contributed by atoms with van der Waals surface area (Å²) in [6.45, 7) is -0.309. The summed E-state index contributed by atoms with van der Waals surface area (Å²) in [5, 5.41) is 0. The molecular weight excluding hydrogens is 271 g/mol. The molecule has 0 amide bonds. The van der Waals surface area contributed by atoms with Crippen LogP contribution in [0.3, 0.4) is 0 Å². The molecule has 0 saturated carbocycles. The number of hydrogen-bond acceptors (Lipinski definition) is 3. The number of Topliss-reactive ketones (excluding diaryl/α,β-unsaturated/α-hetero) is 1. The van der Waals surface area contributed by atoms with E-state index >= 15 is 0 Å². The number of hydrogen-bond donors (Lipinski definition) is 0. The van der Waals surface area contributed by atoms with E-state index in [-0.39, 0.29) is 18.2 Å². The van der Waals surface area contributed by atoms with E-state index in [1.54, 1.807) is 30.3 Å². The van der Waals surface area contributed by atoms with Crippen molar-refractivity contribution < 1.29 is 18.7 Å². The summed E-state index contributed by atoms with van der Waals surface area (Å²) >= 11 is 0. The van der Waals surface area contributed by atoms with Gasteiger partial charge in [0.05, 0.1) is 0 Å². The van der Waals surface area contributed by atoms with Crippen LogP contribution in [0.1, 0.15) is 15.9 Å². The normalized spacial score (nSPS) is 10.5. The lowest BCUT2D eigenvalue weighted by Crippen LogP contribution is -2.12. The number of carbonyl (C=O) groups is 2. The van der Waals surface area contributed by atoms with Crippen molar-refractivity contribution in [3.8, 4) is 0 Å². The summed E-state index contributed by atoms with van der Waals surface area (Å²) in [6.07, 6.45) is 2.69. The van der Waals surface area contributed by atoms with Crippen molar-refractivity contribution in [3.05, 3.63) is 77.6 Å². The Labute approximate surface area is 121 Å². The quantitative estimate of drug-likeness (QED) is 0.481. The molecule has 2 rings (SSSR count). The smallest absolute Gasteiger partial charge is 0.331 e. The maximum Gasteiger partial charge on any atom is 0.331 e. The second-order valence-corrected chi connectivity index (χ2v) is 4.28. The van der Waals surface area contributed by atoms with E-state index in [2.05, 4.69) is 0 Å². The van der Waals surface area contributed by atoms with Crippen molar-refractivity contribution in [1.82, 2.24) is 0 Å². The average molecular weight is 284 g/mol. The van der Waals surface area contributed by atoms with Gasteiger partial charge in [-0.1, -0.05) is 42.5 Å². The third kappa shape index (κ3) is 4.69. The first-order chi connectivity index (χ1) is 10.1. The topological polar surface area (TPSA) is 43.4 Å². The van der Waals surface area contributed by atoms with Gasteiger partial charge in [-0.25, -0.2) is 9.18 Å². The Morgan fingerprint density at radius 1 is 1.00 bits per heavy atom. The van der Waals surface area contributed by atoms with E-state index in [1.165, 1.54) is 36.4 Å². The molecule has 0 aliphatic rings. The monoisotopic (exact) mass is 284 g/mol. The molecule has 0 aromatic heterocycles. The summed E-state index contributed by atoms with van der Waals surface area (Å²) in [5.74, 6) is -1.23. The lowest BCUT2D eigenvalue weighted by molar-refractivity contribution is -0.136. The molecule has 0 bridgehead atoms. The molecular formula is C17H13FO3. The fraction of sp³-hybridized carbons (Fsp3) is 0.0588. The van der Waals surface area contributed by atoms with Crippen LogP contribution in [0.15, 0.2) is 60.7 Å². The first-order valence-corrected chi connectivity index (χ1v) is 6.34. The van der Waals surface area contributed by atoms with E-state index in [1.807, 2.05) is 0 Å². The van der Waals surface area contributed by atoms with Gasteiger partial charge in [-0.2, -0.15) is 0 Å². The molecule has 21 heavy (non-hydrogen) atoms. The van der Waals surface area contributed by atoms with E-state index < -0.39 is 5.97 Å². The average Bonchev–Trinajstić information content (AvgIpc) is 2.53. The molecule has 2 aromatic rings. The van der Waals surface area contributed by atoms with Gasteiger partial charge in [-0.05, 0) is 23.8 Å². The predicted octanol–water partition coefficient (Wildman–Crippen LogP) is 3.27. The SMILES string of the molecule is O=C(/C=C/c1ccc(F)cc1)OCC(=O)c1ccccc1. The van der Waals surface area contributed by atoms with E-state index in [9.17, 15) is 14.0 Å². The van der Waals surface area contributed by atoms with Crippen molar-refractivity contribution >= 4 is 17.8 Å². The molecule has 0 aliphatic carbocycles. The summed E-state index contributed by atoms with van der Waals surface area (Å²) in [7, 11) is 0. The Morgan fingerprint density at radius 3 is 2.33 bits per heavy atom. The first-order valence-electron chi connectivity index (χ1n) is 6.34. The molecule has 0 atom stereocenters. The first kappa shape index (κ1) is 14.7. The Kier molecular flexibility index (Phi) is 4.99. The zero-order chi connectivity index (χ0) is 15.1. The highest BCUT2D eigenvalue weighted by atomic mass is 19.1. The summed E-state index contributed by atoms with van der Waals surface area (Å²) in [5.41, 5.74) is 1.16. The number of esters is 1. The standard InChI is InChI=1S/C17H13FO3/c18-15-9-6-13(7-10-15)8-11-17(20)21-12-16(19)14-4-2-1-3-5-14/h1-11H,12H2/b11-8+. The number of ketones is 1. The Balaban J connectivity index is 1.85. The second-order valence-electron chi connectivity index (χ2n) is 4.28. The molecule has 4 heteroatoms. The van der Waals surface area contributed by atoms with Gasteiger partial charge in [-0.3, -0.25) is 4.79 Å². The molecule has 0 N–H and O–H groups in total. The lowest BCUT2D eigenvalue weighted by Gasteiger charge is -2.01. The van der Waals surface area contributed by atoms with Gasteiger partial charge in [0.2, 0.25) is 0 Å². The minimum absolute atomic E-state index is 0.265. The molecule has 0 unspecified atom stereocenters. The number of carbonyl (C=O) groups excluding carboxylic acids is 2. The molecule has 3 nitrogen and oxygen atoms in total. The molecule has 0 heterocycles. The second kappa shape index (κ2) is 7.14. The van der Waals surface area contributed by atoms with Crippen LogP contribution in [-0.4, -0.2) is 18.4 Å². The maximum atomic E-state index is 12.7. The van der Waals surface area contributed by atoms with Gasteiger partial charge in [-0.15, -0.1) is 0 Å². The van der Waals surface area contributed by atoms with Crippen molar-refractivity contribution in [3.63, 3.8) is 0 Å². The highest BCUT2D eigenvalue weighted by molar-refractivity contribution is 5.98. The molecule has 0 fully saturated rings. The fourth-order valence-corrected chi connectivity index (χ4v) is 1.63. The van der Waals surface area contributed by atoms with Gasteiger partial charge in [0.25, 0.3) is 0 Å². The van der Waals surface area contributed by atoms with Crippen molar-refractivity contribution in [2.45, 2.75) is 0 Å². The van der Waals surface area contributed by atoms with Crippen LogP contribution in [0.25, 0.3) is 6.08 Å². The number of rotatable bonds is 5. The van der Waals surface area contributed by atoms with Gasteiger partial charge in [0.15, 0.2) is 12.4 Å². The van der Waals surface area contributed by atoms with E-state index in [0.717, 1.165) is 0 Å². The van der Waals surface area contributed by atoms with Crippen molar-refractivity contribution in [2.24, 2.45) is 0 Å².